The number of aromatic amines is 1. The molecule has 3 N–H and O–H groups in total. The van der Waals surface area contributed by atoms with E-state index in [4.69, 9.17) is 5.41 Å². The van der Waals surface area contributed by atoms with Gasteiger partial charge in [0.2, 0.25) is 0 Å². The van der Waals surface area contributed by atoms with Crippen LogP contribution in [0.4, 0.5) is 14.5 Å². The predicted octanol–water partition coefficient (Wildman–Crippen LogP) is 3.93. The van der Waals surface area contributed by atoms with Crippen molar-refractivity contribution in [3.05, 3.63) is 57.8 Å². The largest absolute Gasteiger partial charge is 0.341 e. The molecule has 0 aliphatic rings. The summed E-state index contributed by atoms with van der Waals surface area (Å²) in [5.41, 5.74) is 0.294. The lowest BCUT2D eigenvalue weighted by Gasteiger charge is -2.18. The van der Waals surface area contributed by atoms with Crippen molar-refractivity contribution in [2.45, 2.75) is 6.42 Å². The van der Waals surface area contributed by atoms with Gasteiger partial charge in [0.25, 0.3) is 0 Å². The standard InChI is InChI=1S/C18H18BrF2N5O/c1-25(2)7-6-14-23-16-12(9-13(20)15(21)17(16)24-14)18(22)26(27)11-5-3-4-10(19)8-11/h3-5,8-9,22,27H,6-7H2,1-2H3,(H,23,24). The minimum absolute atomic E-state index is 0.00924. The van der Waals surface area contributed by atoms with Crippen molar-refractivity contribution in [1.29, 1.82) is 5.41 Å². The number of benzene rings is 2. The van der Waals surface area contributed by atoms with Gasteiger partial charge in [-0.2, -0.15) is 0 Å². The van der Waals surface area contributed by atoms with Gasteiger partial charge in [0.05, 0.1) is 11.2 Å². The molecule has 27 heavy (non-hydrogen) atoms. The molecular weight excluding hydrogens is 420 g/mol. The van der Waals surface area contributed by atoms with Gasteiger partial charge in [0.1, 0.15) is 11.3 Å². The number of halogens is 3. The first-order valence-corrected chi connectivity index (χ1v) is 8.92. The van der Waals surface area contributed by atoms with Crippen LogP contribution in [0.2, 0.25) is 0 Å². The summed E-state index contributed by atoms with van der Waals surface area (Å²) in [6.07, 6.45) is 0.504. The maximum atomic E-state index is 14.2. The van der Waals surface area contributed by atoms with Crippen LogP contribution in [0.25, 0.3) is 11.0 Å². The molecule has 0 aliphatic heterocycles. The fraction of sp³-hybridized carbons (Fsp3) is 0.222. The average Bonchev–Trinajstić information content (AvgIpc) is 3.06. The number of hydrogen-bond acceptors (Lipinski definition) is 4. The molecule has 0 fully saturated rings. The number of H-pyrrole nitrogens is 1. The second-order valence-corrected chi connectivity index (χ2v) is 7.24. The number of fused-ring (bicyclic) bond motifs is 1. The molecule has 0 bridgehead atoms. The zero-order chi connectivity index (χ0) is 19.7. The lowest BCUT2D eigenvalue weighted by molar-refractivity contribution is 0.312. The Morgan fingerprint density at radius 3 is 2.70 bits per heavy atom. The number of rotatable bonds is 5. The Kier molecular flexibility index (Phi) is 5.54. The summed E-state index contributed by atoms with van der Waals surface area (Å²) in [5, 5.41) is 19.3. The van der Waals surface area contributed by atoms with E-state index in [0.29, 0.717) is 34.0 Å². The van der Waals surface area contributed by atoms with Crippen molar-refractivity contribution >= 4 is 38.5 Å². The maximum Gasteiger partial charge on any atom is 0.186 e. The van der Waals surface area contributed by atoms with Crippen LogP contribution in [-0.2, 0) is 6.42 Å². The minimum atomic E-state index is -1.13. The SMILES string of the molecule is CN(C)CCc1nc2c(F)c(F)cc(C(=N)N(O)c3cccc(Br)c3)c2[nH]1. The van der Waals surface area contributed by atoms with Gasteiger partial charge in [-0.1, -0.05) is 22.0 Å². The lowest BCUT2D eigenvalue weighted by atomic mass is 10.1. The number of anilines is 1. The van der Waals surface area contributed by atoms with Crippen molar-refractivity contribution < 1.29 is 14.0 Å². The second kappa shape index (κ2) is 7.71. The summed E-state index contributed by atoms with van der Waals surface area (Å²) < 4.78 is 29.0. The van der Waals surface area contributed by atoms with Crippen LogP contribution < -0.4 is 5.06 Å². The summed E-state index contributed by atoms with van der Waals surface area (Å²) in [7, 11) is 3.79. The number of imidazole rings is 1. The summed E-state index contributed by atoms with van der Waals surface area (Å²) in [4.78, 5) is 9.03. The Morgan fingerprint density at radius 1 is 1.30 bits per heavy atom. The highest BCUT2D eigenvalue weighted by Gasteiger charge is 2.22. The number of likely N-dealkylation sites (N-methyl/N-ethyl adjacent to an activating group) is 1. The summed E-state index contributed by atoms with van der Waals surface area (Å²) in [6.45, 7) is 0.668. The molecule has 0 radical (unpaired) electrons. The van der Waals surface area contributed by atoms with Crippen LogP contribution in [0.5, 0.6) is 0 Å². The number of amidine groups is 1. The van der Waals surface area contributed by atoms with Crippen molar-refractivity contribution in [1.82, 2.24) is 14.9 Å². The molecule has 6 nitrogen and oxygen atoms in total. The van der Waals surface area contributed by atoms with E-state index >= 15 is 0 Å². The summed E-state index contributed by atoms with van der Waals surface area (Å²) in [5.74, 6) is -2.14. The predicted molar refractivity (Wildman–Crippen MR) is 104 cm³/mol. The normalized spacial score (nSPS) is 11.4. The Labute approximate surface area is 163 Å². The monoisotopic (exact) mass is 437 g/mol. The van der Waals surface area contributed by atoms with E-state index < -0.39 is 17.5 Å². The van der Waals surface area contributed by atoms with Crippen molar-refractivity contribution in [2.75, 3.05) is 25.7 Å². The van der Waals surface area contributed by atoms with Crippen LogP contribution >= 0.6 is 15.9 Å². The summed E-state index contributed by atoms with van der Waals surface area (Å²) in [6, 6.07) is 7.52. The van der Waals surface area contributed by atoms with Gasteiger partial charge < -0.3 is 9.88 Å². The number of nitrogens with one attached hydrogen (secondary N) is 2. The first kappa shape index (κ1) is 19.4. The first-order chi connectivity index (χ1) is 12.8. The van der Waals surface area contributed by atoms with E-state index in [9.17, 15) is 14.0 Å². The van der Waals surface area contributed by atoms with E-state index in [1.165, 1.54) is 0 Å². The third-order valence-electron chi connectivity index (χ3n) is 4.03. The zero-order valence-corrected chi connectivity index (χ0v) is 16.3. The smallest absolute Gasteiger partial charge is 0.186 e. The highest BCUT2D eigenvalue weighted by atomic mass is 79.9. The molecule has 2 aromatic carbocycles. The fourth-order valence-corrected chi connectivity index (χ4v) is 3.02. The molecule has 0 unspecified atom stereocenters. The van der Waals surface area contributed by atoms with Gasteiger partial charge in [-0.25, -0.2) is 18.8 Å². The van der Waals surface area contributed by atoms with Gasteiger partial charge in [0.15, 0.2) is 17.5 Å². The molecular formula is C18H18BrF2N5O. The van der Waals surface area contributed by atoms with Crippen LogP contribution in [-0.4, -0.2) is 46.6 Å². The van der Waals surface area contributed by atoms with Crippen LogP contribution in [0, 0.1) is 17.0 Å². The van der Waals surface area contributed by atoms with E-state index in [1.54, 1.807) is 24.3 Å². The molecule has 0 spiro atoms. The van der Waals surface area contributed by atoms with E-state index in [1.807, 2.05) is 19.0 Å². The zero-order valence-electron chi connectivity index (χ0n) is 14.7. The number of nitrogens with zero attached hydrogens (tertiary/aromatic N) is 3. The minimum Gasteiger partial charge on any atom is -0.341 e. The van der Waals surface area contributed by atoms with Gasteiger partial charge in [-0.05, 0) is 38.4 Å². The Hall–Kier alpha value is -2.36. The highest BCUT2D eigenvalue weighted by molar-refractivity contribution is 9.10. The van der Waals surface area contributed by atoms with Crippen molar-refractivity contribution in [3.8, 4) is 0 Å². The molecule has 3 aromatic rings. The van der Waals surface area contributed by atoms with E-state index in [0.717, 1.165) is 6.07 Å². The maximum absolute atomic E-state index is 14.2. The van der Waals surface area contributed by atoms with Crippen LogP contribution in [0.3, 0.4) is 0 Å². The van der Waals surface area contributed by atoms with Gasteiger partial charge in [-0.3, -0.25) is 10.6 Å². The molecule has 0 atom stereocenters. The third-order valence-corrected chi connectivity index (χ3v) is 4.52. The molecule has 1 aromatic heterocycles. The fourth-order valence-electron chi connectivity index (χ4n) is 2.64. The number of hydrogen-bond donors (Lipinski definition) is 3. The second-order valence-electron chi connectivity index (χ2n) is 6.32. The molecule has 142 valence electrons. The number of aromatic nitrogens is 2. The molecule has 3 rings (SSSR count). The van der Waals surface area contributed by atoms with Gasteiger partial charge >= 0.3 is 0 Å². The van der Waals surface area contributed by atoms with E-state index in [2.05, 4.69) is 25.9 Å². The molecule has 0 saturated heterocycles. The highest BCUT2D eigenvalue weighted by Crippen LogP contribution is 2.26. The van der Waals surface area contributed by atoms with Gasteiger partial charge in [0, 0.05) is 23.0 Å². The lowest BCUT2D eigenvalue weighted by Crippen LogP contribution is -2.27. The topological polar surface area (TPSA) is 79.2 Å². The van der Waals surface area contributed by atoms with Gasteiger partial charge in [-0.15, -0.1) is 0 Å². The first-order valence-electron chi connectivity index (χ1n) is 8.12. The van der Waals surface area contributed by atoms with Crippen molar-refractivity contribution in [3.63, 3.8) is 0 Å². The average molecular weight is 438 g/mol. The van der Waals surface area contributed by atoms with Crippen LogP contribution in [0.15, 0.2) is 34.8 Å². The quantitative estimate of drug-likeness (QED) is 0.321. The Morgan fingerprint density at radius 2 is 2.04 bits per heavy atom. The summed E-state index contributed by atoms with van der Waals surface area (Å²) >= 11 is 3.29. The van der Waals surface area contributed by atoms with Crippen molar-refractivity contribution in [2.24, 2.45) is 0 Å². The number of hydroxylamine groups is 1. The third kappa shape index (κ3) is 4.00. The Balaban J connectivity index is 2.04. The molecule has 9 heteroatoms. The molecule has 0 aliphatic carbocycles. The Bertz CT molecular complexity index is 1000. The molecule has 1 heterocycles. The molecule has 0 saturated carbocycles. The van der Waals surface area contributed by atoms with Crippen LogP contribution in [0.1, 0.15) is 11.4 Å². The molecule has 0 amide bonds. The van der Waals surface area contributed by atoms with E-state index in [-0.39, 0.29) is 16.6 Å².